The van der Waals surface area contributed by atoms with Crippen LogP contribution >= 0.6 is 46.5 Å². The zero-order valence-corrected chi connectivity index (χ0v) is 70.6. The summed E-state index contributed by atoms with van der Waals surface area (Å²) in [5.74, 6) is -1.13. The first-order chi connectivity index (χ1) is 59.2. The quantitative estimate of drug-likeness (QED) is 0.0174. The molecular formula is C60H78N18O43P6. The fourth-order valence-electron chi connectivity index (χ4n) is 14.6. The molecule has 0 aromatic carbocycles. The smallest absolute Gasteiger partial charge is 0.390 e. The molecule has 0 amide bonds. The zero-order valence-electron chi connectivity index (χ0n) is 65.3. The first-order valence-electron chi connectivity index (χ1n) is 37.0. The molecule has 14 rings (SSSR count). The van der Waals surface area contributed by atoms with E-state index in [4.69, 9.17) is 76.1 Å². The summed E-state index contributed by atoms with van der Waals surface area (Å²) in [6.45, 7) is -3.40. The number of ether oxygens (including phenoxy) is 6. The van der Waals surface area contributed by atoms with Crippen molar-refractivity contribution in [2.24, 2.45) is 0 Å². The lowest BCUT2D eigenvalue weighted by Gasteiger charge is -2.35. The first kappa shape index (κ1) is 94.4. The van der Waals surface area contributed by atoms with Crippen molar-refractivity contribution in [1.29, 1.82) is 0 Å². The third kappa shape index (κ3) is 19.3. The predicted octanol–water partition coefficient (Wildman–Crippen LogP) is -6.72. The zero-order chi connectivity index (χ0) is 92.4. The predicted molar refractivity (Wildman–Crippen MR) is 411 cm³/mol. The number of hydrogen-bond donors (Lipinski definition) is 20. The van der Waals surface area contributed by atoms with Gasteiger partial charge < -0.3 is 109 Å². The van der Waals surface area contributed by atoms with Gasteiger partial charge in [0, 0.05) is 72.7 Å². The van der Waals surface area contributed by atoms with E-state index in [2.05, 4.69) is 39.4 Å². The van der Waals surface area contributed by atoms with Crippen molar-refractivity contribution >= 4 is 80.7 Å². The summed E-state index contributed by atoms with van der Waals surface area (Å²) in [5, 5.41) is 53.0. The highest BCUT2D eigenvalue weighted by Crippen LogP contribution is 2.67. The summed E-state index contributed by atoms with van der Waals surface area (Å²) in [4.78, 5) is 234. The molecule has 696 valence electrons. The van der Waals surface area contributed by atoms with Gasteiger partial charge in [-0.1, -0.05) is 0 Å². The lowest BCUT2D eigenvalue weighted by Crippen LogP contribution is -2.44. The molecule has 6 aliphatic rings. The molecule has 6 aliphatic heterocycles. The number of aromatic nitrogens is 16. The van der Waals surface area contributed by atoms with Gasteiger partial charge >= 0.3 is 69.2 Å². The number of nitrogens with zero attached hydrogens (tertiary/aromatic N) is 10. The van der Waals surface area contributed by atoms with Gasteiger partial charge in [0.15, 0.2) is 45.5 Å². The Balaban J connectivity index is 0.726. The van der Waals surface area contributed by atoms with Crippen LogP contribution in [0.4, 0.5) is 11.9 Å². The van der Waals surface area contributed by atoms with Gasteiger partial charge in [-0.05, 0) is 27.7 Å². The molecule has 6 saturated heterocycles. The number of aliphatic hydroxyl groups excluding tert-OH is 3. The number of anilines is 2. The highest BCUT2D eigenvalue weighted by Gasteiger charge is 2.66. The lowest BCUT2D eigenvalue weighted by atomic mass is 10.1. The second-order valence-electron chi connectivity index (χ2n) is 29.7. The number of fused-ring (bicyclic) bond motifs is 2. The van der Waals surface area contributed by atoms with Crippen LogP contribution in [-0.4, -0.2) is 261 Å². The summed E-state index contributed by atoms with van der Waals surface area (Å²) in [6.07, 6.45) is -34.9. The summed E-state index contributed by atoms with van der Waals surface area (Å²) < 4.78 is 172. The molecule has 8 aromatic rings. The van der Waals surface area contributed by atoms with Gasteiger partial charge in [0.05, 0.1) is 58.4 Å². The van der Waals surface area contributed by atoms with Crippen LogP contribution in [0, 0.1) is 27.7 Å². The molecule has 25 atom stereocenters. The molecule has 0 saturated carbocycles. The molecular weight excluding hydrogens is 1850 g/mol. The number of aromatic amines is 6. The highest BCUT2D eigenvalue weighted by atomic mass is 31.2. The Bertz CT molecular complexity index is 6580. The molecule has 22 N–H and O–H groups in total. The second-order valence-corrected chi connectivity index (χ2v) is 39.3. The molecule has 0 radical (unpaired) electrons. The Hall–Kier alpha value is -8.68. The molecule has 0 spiro atoms. The minimum Gasteiger partial charge on any atom is -0.390 e. The standard InChI is InChI=1S/C60H78N18O43P6/c1-21-9-73(55(88)69-45(21)82)33-5-25(79)27(113-33)13-110-125(101,102)119-26-6-34(74-10-22(2)46(83)70-56(74)89)114-28(26)14-111-126(103,104)121-42-30(116-52(40(42)81)78-20-64-38-44(78)66-54(62)68-50(38)87)16-112-127(105,106)120-41-29(115-51(39(41)80)77-19-63-37-43(77)65-53(61)67-49(37)86)15-107-122(94,95)59(92)7-35(75-11-23(3)47(84)71-57(75)90)117-31(59)17-108-123(96,97)60(93)8-36(118-32(60)18-109-124(98,99)100)76-12-24(4)48(85)72-58(76)91/h9-12,19-20,25-36,39-42,51-52,79-81,92-93H,5-8,13-18H2,1-4H3,(H,94,95)(H,96,97)(H,101,102)(H,103,104)(H,105,106)(H,69,82,88)(H,70,83,89)(H,71,84,90)(H,72,85,91)(H2,98,99,100)(H3,61,65,67,86)(H3,62,66,68,87)/t25-,26-,27+,28+,29+,30+,31+,32+,33+,34+,35+,36+,39+,40+,41+,42+,51+,52+,59+,60+/m0/s1. The van der Waals surface area contributed by atoms with Crippen LogP contribution in [0.1, 0.15) is 85.3 Å². The number of imidazole rings is 2. The Morgan fingerprint density at radius 3 is 1.16 bits per heavy atom. The van der Waals surface area contributed by atoms with E-state index in [1.807, 2.05) is 15.0 Å². The van der Waals surface area contributed by atoms with Gasteiger partial charge in [-0.25, -0.2) is 47.4 Å². The van der Waals surface area contributed by atoms with E-state index in [1.165, 1.54) is 27.7 Å². The van der Waals surface area contributed by atoms with Gasteiger partial charge in [0.2, 0.25) is 11.9 Å². The van der Waals surface area contributed by atoms with E-state index in [1.54, 1.807) is 0 Å². The Morgan fingerprint density at radius 1 is 0.417 bits per heavy atom. The number of phosphoric ester groups is 4. The molecule has 8 aromatic heterocycles. The van der Waals surface area contributed by atoms with E-state index in [0.29, 0.717) is 9.13 Å². The van der Waals surface area contributed by atoms with Crippen molar-refractivity contribution in [2.75, 3.05) is 51.1 Å². The number of nitrogens with one attached hydrogen (secondary N) is 6. The monoisotopic (exact) mass is 1920 g/mol. The summed E-state index contributed by atoms with van der Waals surface area (Å²) in [5.41, 5.74) is -0.707. The average Bonchev–Trinajstić information content (AvgIpc) is 1.60. The van der Waals surface area contributed by atoms with Crippen molar-refractivity contribution in [3.63, 3.8) is 0 Å². The third-order valence-corrected chi connectivity index (χ3v) is 28.4. The summed E-state index contributed by atoms with van der Waals surface area (Å²) in [6, 6.07) is 0. The molecule has 5 unspecified atom stereocenters. The van der Waals surface area contributed by atoms with Gasteiger partial charge in [0.1, 0.15) is 92.1 Å². The molecule has 0 aliphatic carbocycles. The average molecular weight is 1930 g/mol. The minimum atomic E-state index is -6.26. The Kier molecular flexibility index (Phi) is 26.2. The summed E-state index contributed by atoms with van der Waals surface area (Å²) >= 11 is 0. The number of phosphoric acid groups is 4. The van der Waals surface area contributed by atoms with Crippen LogP contribution < -0.4 is 67.6 Å². The molecule has 14 heterocycles. The van der Waals surface area contributed by atoms with Crippen LogP contribution in [0.15, 0.2) is 85.4 Å². The molecule has 0 bridgehead atoms. The van der Waals surface area contributed by atoms with E-state index >= 15 is 4.57 Å². The maximum absolute atomic E-state index is 15.2. The van der Waals surface area contributed by atoms with Gasteiger partial charge in [-0.3, -0.25) is 127 Å². The number of aliphatic hydroxyl groups is 5. The van der Waals surface area contributed by atoms with Crippen molar-refractivity contribution in [2.45, 2.75) is 175 Å². The van der Waals surface area contributed by atoms with Crippen LogP contribution in [0.25, 0.3) is 22.3 Å². The third-order valence-electron chi connectivity index (χ3n) is 21.1. The minimum absolute atomic E-state index is 0.0772. The Morgan fingerprint density at radius 2 is 0.756 bits per heavy atom. The van der Waals surface area contributed by atoms with E-state index in [0.717, 1.165) is 55.7 Å². The van der Waals surface area contributed by atoms with Gasteiger partial charge in [0.25, 0.3) is 33.4 Å². The molecule has 127 heavy (non-hydrogen) atoms. The fraction of sp³-hybridized carbons (Fsp3) is 0.567. The normalized spacial score (nSPS) is 31.1. The maximum atomic E-state index is 15.2. The number of rotatable bonds is 32. The molecule has 6 fully saturated rings. The maximum Gasteiger partial charge on any atom is 0.472 e. The lowest BCUT2D eigenvalue weighted by molar-refractivity contribution is -0.0763. The van der Waals surface area contributed by atoms with Crippen LogP contribution in [0.3, 0.4) is 0 Å². The number of hydrogen-bond acceptors (Lipinski definition) is 42. The van der Waals surface area contributed by atoms with Crippen LogP contribution in [0.5, 0.6) is 0 Å². The van der Waals surface area contributed by atoms with Crippen LogP contribution in [-0.2, 0) is 96.5 Å². The topological polar surface area (TPSA) is 882 Å². The van der Waals surface area contributed by atoms with E-state index in [-0.39, 0.29) is 28.7 Å². The highest BCUT2D eigenvalue weighted by molar-refractivity contribution is 7.55. The number of nitrogen functional groups attached to an aromatic ring is 2. The SMILES string of the molecule is Cc1cn([C@H]2C[C@H](OP(=O)(O)OC[C@H]3O[C@@H](n4cc(C)c(=O)[nH]c4=O)C[C@@H]3O)[C@@H](COP(=O)(O)O[C@H]3[C@@H](O)[C@H](n4cnc5c(=O)[nH]c(N)nc54)O[C@@H]3COP(=O)(O)O[C@H]3[C@@H](O)[C@H](n4cnc5c(=O)[nH]c(N)nc54)O[C@@H]3COP(=O)(O)[C@]3(O)C[C@H](n4cc(C)c(=O)[nH]c4=O)O[C@@H]3COP(=O)(O)[C@]3(O)C[C@H](n4cc(C)c(=O)[nH]c4=O)O[C@@H]3COP(=O)(O)O)O2)c(=O)[nH]c1=O. The largest absolute Gasteiger partial charge is 0.472 e. The Labute approximate surface area is 701 Å². The van der Waals surface area contributed by atoms with Crippen molar-refractivity contribution < 1.29 is 156 Å². The second kappa shape index (κ2) is 35.2. The van der Waals surface area contributed by atoms with Crippen molar-refractivity contribution in [3.05, 3.63) is 164 Å². The first-order valence-corrected chi connectivity index (χ1v) is 46.2. The molecule has 67 heteroatoms. The number of H-pyrrole nitrogens is 6. The fourth-order valence-corrected chi connectivity index (χ4v) is 20.7. The van der Waals surface area contributed by atoms with Gasteiger partial charge in [-0.2, -0.15) is 9.97 Å². The van der Waals surface area contributed by atoms with E-state index in [9.17, 15) is 131 Å². The van der Waals surface area contributed by atoms with Crippen LogP contribution in [0.2, 0.25) is 0 Å². The number of aryl methyl sites for hydroxylation is 4. The van der Waals surface area contributed by atoms with Crippen molar-refractivity contribution in [3.8, 4) is 0 Å². The summed E-state index contributed by atoms with van der Waals surface area (Å²) in [7, 11) is -35.5. The molecule has 61 nitrogen and oxygen atoms in total. The number of nitrogens with two attached hydrogens (primary N) is 2. The van der Waals surface area contributed by atoms with Gasteiger partial charge in [-0.15, -0.1) is 0 Å². The van der Waals surface area contributed by atoms with E-state index < -0.39 is 317 Å². The van der Waals surface area contributed by atoms with Crippen molar-refractivity contribution in [1.82, 2.24) is 77.2 Å².